The average molecular weight is 496 g/mol. The SMILES string of the molecule is O=S(=O)(NC(O)(c1cccc(C(F)(F)F)c1)C(F)(F)F)c1cc(CCl)ccc1CCl. The van der Waals surface area contributed by atoms with Crippen LogP contribution in [-0.2, 0) is 33.7 Å². The van der Waals surface area contributed by atoms with Gasteiger partial charge in [-0.3, -0.25) is 0 Å². The van der Waals surface area contributed by atoms with Crippen LogP contribution in [0.15, 0.2) is 47.4 Å². The molecule has 0 aliphatic carbocycles. The summed E-state index contributed by atoms with van der Waals surface area (Å²) in [5.41, 5.74) is -7.11. The van der Waals surface area contributed by atoms with Gasteiger partial charge >= 0.3 is 12.4 Å². The Morgan fingerprint density at radius 1 is 0.900 bits per heavy atom. The molecular weight excluding hydrogens is 483 g/mol. The number of aliphatic hydroxyl groups is 1. The topological polar surface area (TPSA) is 66.4 Å². The summed E-state index contributed by atoms with van der Waals surface area (Å²) in [6.45, 7) is 0. The highest BCUT2D eigenvalue weighted by molar-refractivity contribution is 7.89. The number of sulfonamides is 1. The smallest absolute Gasteiger partial charge is 0.363 e. The minimum absolute atomic E-state index is 0.00760. The second-order valence-electron chi connectivity index (χ2n) is 6.10. The van der Waals surface area contributed by atoms with E-state index in [0.717, 1.165) is 10.8 Å². The molecule has 13 heteroatoms. The molecule has 0 spiro atoms. The van der Waals surface area contributed by atoms with Gasteiger partial charge in [0.05, 0.1) is 10.5 Å². The predicted octanol–water partition coefficient (Wildman–Crippen LogP) is 4.87. The first-order valence-electron chi connectivity index (χ1n) is 7.90. The van der Waals surface area contributed by atoms with E-state index in [0.29, 0.717) is 18.2 Å². The van der Waals surface area contributed by atoms with Gasteiger partial charge in [-0.15, -0.1) is 23.2 Å². The molecule has 1 unspecified atom stereocenters. The standard InChI is InChI=1S/C17H13Cl2F6NO3S/c18-8-10-4-5-11(9-19)14(6-10)30(28,29)26-15(27,17(23,24)25)12-2-1-3-13(7-12)16(20,21)22/h1-7,26-27H,8-9H2. The van der Waals surface area contributed by atoms with Crippen LogP contribution in [0.5, 0.6) is 0 Å². The normalized spacial score (nSPS) is 15.1. The van der Waals surface area contributed by atoms with Crippen molar-refractivity contribution >= 4 is 33.2 Å². The van der Waals surface area contributed by atoms with Crippen LogP contribution in [0.4, 0.5) is 26.3 Å². The molecule has 0 aliphatic rings. The van der Waals surface area contributed by atoms with Gasteiger partial charge in [0.25, 0.3) is 5.72 Å². The first-order chi connectivity index (χ1) is 13.7. The number of benzene rings is 2. The van der Waals surface area contributed by atoms with E-state index in [1.165, 1.54) is 12.1 Å². The lowest BCUT2D eigenvalue weighted by Gasteiger charge is -2.32. The van der Waals surface area contributed by atoms with Crippen LogP contribution < -0.4 is 4.72 Å². The van der Waals surface area contributed by atoms with Gasteiger partial charge in [-0.2, -0.15) is 31.1 Å². The monoisotopic (exact) mass is 495 g/mol. The van der Waals surface area contributed by atoms with Gasteiger partial charge in [-0.25, -0.2) is 8.42 Å². The van der Waals surface area contributed by atoms with E-state index >= 15 is 0 Å². The van der Waals surface area contributed by atoms with Crippen molar-refractivity contribution in [2.45, 2.75) is 34.7 Å². The molecule has 0 fully saturated rings. The van der Waals surface area contributed by atoms with Crippen molar-refractivity contribution in [1.82, 2.24) is 4.72 Å². The maximum absolute atomic E-state index is 13.7. The summed E-state index contributed by atoms with van der Waals surface area (Å²) >= 11 is 11.3. The van der Waals surface area contributed by atoms with Crippen molar-refractivity contribution in [2.24, 2.45) is 0 Å². The number of alkyl halides is 8. The summed E-state index contributed by atoms with van der Waals surface area (Å²) < 4.78 is 106. The van der Waals surface area contributed by atoms with Crippen LogP contribution in [0.3, 0.4) is 0 Å². The van der Waals surface area contributed by atoms with Gasteiger partial charge in [0.2, 0.25) is 10.0 Å². The Bertz CT molecular complexity index is 1030. The summed E-state index contributed by atoms with van der Waals surface area (Å²) in [5, 5.41) is 10.3. The molecule has 0 bridgehead atoms. The molecule has 2 rings (SSSR count). The van der Waals surface area contributed by atoms with Crippen molar-refractivity contribution < 1.29 is 39.9 Å². The fourth-order valence-electron chi connectivity index (χ4n) is 2.49. The summed E-state index contributed by atoms with van der Waals surface area (Å²) in [6.07, 6.45) is -10.7. The summed E-state index contributed by atoms with van der Waals surface area (Å²) in [7, 11) is -5.12. The third-order valence-electron chi connectivity index (χ3n) is 4.02. The number of hydrogen-bond acceptors (Lipinski definition) is 3. The molecule has 1 atom stereocenters. The Kier molecular flexibility index (Phi) is 7.04. The Morgan fingerprint density at radius 3 is 2.00 bits per heavy atom. The summed E-state index contributed by atoms with van der Waals surface area (Å²) in [6, 6.07) is 5.18. The highest BCUT2D eigenvalue weighted by Crippen LogP contribution is 2.40. The van der Waals surface area contributed by atoms with E-state index in [1.54, 1.807) is 0 Å². The Hall–Kier alpha value is -1.53. The minimum Gasteiger partial charge on any atom is -0.363 e. The molecule has 0 aliphatic heterocycles. The van der Waals surface area contributed by atoms with Crippen molar-refractivity contribution in [3.05, 3.63) is 64.7 Å². The molecule has 0 saturated heterocycles. The Morgan fingerprint density at radius 2 is 1.50 bits per heavy atom. The van der Waals surface area contributed by atoms with E-state index < -0.39 is 50.0 Å². The number of hydrogen-bond donors (Lipinski definition) is 2. The minimum atomic E-state index is -5.71. The number of halogens is 8. The number of rotatable bonds is 6. The van der Waals surface area contributed by atoms with Crippen LogP contribution in [0.25, 0.3) is 0 Å². The van der Waals surface area contributed by atoms with E-state index in [4.69, 9.17) is 23.2 Å². The summed E-state index contributed by atoms with van der Waals surface area (Å²) in [5.74, 6) is -0.588. The van der Waals surface area contributed by atoms with Gasteiger partial charge in [0.1, 0.15) is 0 Å². The number of nitrogens with one attached hydrogen (secondary N) is 1. The fraction of sp³-hybridized carbons (Fsp3) is 0.294. The Balaban J connectivity index is 2.65. The van der Waals surface area contributed by atoms with Crippen LogP contribution >= 0.6 is 23.2 Å². The molecule has 2 aromatic rings. The molecule has 0 heterocycles. The highest BCUT2D eigenvalue weighted by Gasteiger charge is 2.58. The van der Waals surface area contributed by atoms with E-state index in [1.807, 2.05) is 0 Å². The van der Waals surface area contributed by atoms with Gasteiger partial charge < -0.3 is 5.11 Å². The fourth-order valence-corrected chi connectivity index (χ4v) is 4.50. The third kappa shape index (κ3) is 5.02. The first-order valence-corrected chi connectivity index (χ1v) is 10.5. The van der Waals surface area contributed by atoms with E-state index in [2.05, 4.69) is 0 Å². The molecule has 2 aromatic carbocycles. The van der Waals surface area contributed by atoms with Crippen LogP contribution in [0.2, 0.25) is 0 Å². The van der Waals surface area contributed by atoms with Crippen LogP contribution in [0, 0.1) is 0 Å². The quantitative estimate of drug-likeness (QED) is 0.341. The second-order valence-corrected chi connectivity index (χ2v) is 8.29. The Labute approximate surface area is 177 Å². The molecular formula is C17H13Cl2F6NO3S. The van der Waals surface area contributed by atoms with Crippen molar-refractivity contribution in [2.75, 3.05) is 0 Å². The predicted molar refractivity (Wildman–Crippen MR) is 97.3 cm³/mol. The molecule has 4 nitrogen and oxygen atoms in total. The maximum Gasteiger partial charge on any atom is 0.436 e. The molecule has 0 radical (unpaired) electrons. The maximum atomic E-state index is 13.7. The lowest BCUT2D eigenvalue weighted by Crippen LogP contribution is -2.56. The van der Waals surface area contributed by atoms with Crippen molar-refractivity contribution in [3.63, 3.8) is 0 Å². The van der Waals surface area contributed by atoms with Crippen LogP contribution in [-0.4, -0.2) is 19.7 Å². The van der Waals surface area contributed by atoms with Gasteiger partial charge in [-0.1, -0.05) is 24.3 Å². The van der Waals surface area contributed by atoms with E-state index in [9.17, 15) is 39.9 Å². The van der Waals surface area contributed by atoms with Crippen molar-refractivity contribution in [3.8, 4) is 0 Å². The van der Waals surface area contributed by atoms with Gasteiger partial charge in [0, 0.05) is 17.3 Å². The van der Waals surface area contributed by atoms with Crippen LogP contribution in [0.1, 0.15) is 22.3 Å². The first kappa shape index (κ1) is 24.7. The summed E-state index contributed by atoms with van der Waals surface area (Å²) in [4.78, 5) is -0.703. The lowest BCUT2D eigenvalue weighted by atomic mass is 10.0. The average Bonchev–Trinajstić information content (AvgIpc) is 2.65. The molecule has 0 aromatic heterocycles. The van der Waals surface area contributed by atoms with Gasteiger partial charge in [-0.05, 0) is 29.3 Å². The molecule has 166 valence electrons. The van der Waals surface area contributed by atoms with Gasteiger partial charge in [0.15, 0.2) is 0 Å². The molecule has 0 amide bonds. The molecule has 2 N–H and O–H groups in total. The van der Waals surface area contributed by atoms with Crippen molar-refractivity contribution in [1.29, 1.82) is 0 Å². The molecule has 0 saturated carbocycles. The highest BCUT2D eigenvalue weighted by atomic mass is 35.5. The zero-order valence-electron chi connectivity index (χ0n) is 14.7. The second kappa shape index (κ2) is 8.54. The zero-order valence-corrected chi connectivity index (χ0v) is 17.0. The lowest BCUT2D eigenvalue weighted by molar-refractivity contribution is -0.271. The zero-order chi connectivity index (χ0) is 23.0. The largest absolute Gasteiger partial charge is 0.436 e. The van der Waals surface area contributed by atoms with E-state index in [-0.39, 0.29) is 23.1 Å². The molecule has 30 heavy (non-hydrogen) atoms. The third-order valence-corrected chi connectivity index (χ3v) is 6.14.